The molecule has 4 rings (SSSR count). The van der Waals surface area contributed by atoms with Gasteiger partial charge in [-0.15, -0.1) is 0 Å². The van der Waals surface area contributed by atoms with E-state index in [9.17, 15) is 4.79 Å². The second kappa shape index (κ2) is 7.15. The lowest BCUT2D eigenvalue weighted by atomic mass is 10.1. The van der Waals surface area contributed by atoms with E-state index in [-0.39, 0.29) is 5.97 Å². The minimum absolute atomic E-state index is 0.317. The number of halogens is 1. The lowest BCUT2D eigenvalue weighted by Gasteiger charge is -2.37. The number of fused-ring (bicyclic) bond motifs is 1. The van der Waals surface area contributed by atoms with Gasteiger partial charge in [0.25, 0.3) is 0 Å². The number of piperazine rings is 1. The number of aryl methyl sites for hydroxylation is 1. The van der Waals surface area contributed by atoms with Crippen molar-refractivity contribution < 1.29 is 9.53 Å². The molecule has 0 spiro atoms. The molecular weight excluding hydrogens is 412 g/mol. The Hall–Kier alpha value is -2.68. The Balaban J connectivity index is 1.56. The van der Waals surface area contributed by atoms with Crippen LogP contribution in [0.15, 0.2) is 29.1 Å². The quantitative estimate of drug-likeness (QED) is 0.638. The molecular formula is C18H19BrN6O2. The van der Waals surface area contributed by atoms with Gasteiger partial charge in [-0.05, 0) is 40.5 Å². The first-order valence-electron chi connectivity index (χ1n) is 8.62. The fraction of sp³-hybridized carbons (Fsp3) is 0.333. The van der Waals surface area contributed by atoms with Gasteiger partial charge in [0.1, 0.15) is 16.7 Å². The van der Waals surface area contributed by atoms with Gasteiger partial charge in [0.15, 0.2) is 5.65 Å². The van der Waals surface area contributed by atoms with Crippen molar-refractivity contribution in [2.24, 2.45) is 0 Å². The first-order valence-corrected chi connectivity index (χ1v) is 9.41. The Labute approximate surface area is 164 Å². The summed E-state index contributed by atoms with van der Waals surface area (Å²) in [4.78, 5) is 25.1. The van der Waals surface area contributed by atoms with Gasteiger partial charge in [-0.1, -0.05) is 6.07 Å². The van der Waals surface area contributed by atoms with Crippen LogP contribution in [0, 0.1) is 6.92 Å². The molecule has 3 aromatic rings. The summed E-state index contributed by atoms with van der Waals surface area (Å²) >= 11 is 3.47. The predicted molar refractivity (Wildman–Crippen MR) is 106 cm³/mol. The molecule has 1 fully saturated rings. The summed E-state index contributed by atoms with van der Waals surface area (Å²) in [7, 11) is 1.40. The number of nitrogens with zero attached hydrogens (tertiary/aromatic N) is 5. The highest BCUT2D eigenvalue weighted by Crippen LogP contribution is 2.30. The lowest BCUT2D eigenvalue weighted by Crippen LogP contribution is -2.47. The van der Waals surface area contributed by atoms with Crippen molar-refractivity contribution in [2.75, 3.05) is 43.1 Å². The summed E-state index contributed by atoms with van der Waals surface area (Å²) in [6.45, 7) is 5.33. The van der Waals surface area contributed by atoms with Gasteiger partial charge in [-0.25, -0.2) is 14.8 Å². The molecule has 2 aromatic heterocycles. The number of ether oxygens (including phenoxy) is 1. The van der Waals surface area contributed by atoms with Crippen LogP contribution in [-0.4, -0.2) is 59.4 Å². The van der Waals surface area contributed by atoms with Crippen LogP contribution >= 0.6 is 15.9 Å². The van der Waals surface area contributed by atoms with Gasteiger partial charge < -0.3 is 14.5 Å². The normalized spacial score (nSPS) is 14.6. The van der Waals surface area contributed by atoms with E-state index in [2.05, 4.69) is 52.8 Å². The standard InChI is InChI=1S/C18H19BrN6O2/c1-11-3-4-12(18(26)27-2)9-13(11)24-5-7-25(8-6-24)17-14-15(19)22-23-16(14)20-10-21-17/h3-4,9-10H,5-8H2,1-2H3,(H,20,21,22,23). The molecule has 0 bridgehead atoms. The Morgan fingerprint density at radius 2 is 1.93 bits per heavy atom. The van der Waals surface area contributed by atoms with Crippen molar-refractivity contribution in [2.45, 2.75) is 6.92 Å². The van der Waals surface area contributed by atoms with Gasteiger partial charge in [0.05, 0.1) is 18.1 Å². The number of methoxy groups -OCH3 is 1. The van der Waals surface area contributed by atoms with Crippen LogP contribution in [0.3, 0.4) is 0 Å². The number of esters is 1. The zero-order chi connectivity index (χ0) is 19.0. The second-order valence-electron chi connectivity index (χ2n) is 6.40. The lowest BCUT2D eigenvalue weighted by molar-refractivity contribution is 0.0601. The van der Waals surface area contributed by atoms with Crippen molar-refractivity contribution in [3.63, 3.8) is 0 Å². The van der Waals surface area contributed by atoms with E-state index in [1.165, 1.54) is 7.11 Å². The van der Waals surface area contributed by atoms with Crippen molar-refractivity contribution in [1.29, 1.82) is 0 Å². The fourth-order valence-electron chi connectivity index (χ4n) is 3.40. The molecule has 1 aromatic carbocycles. The summed E-state index contributed by atoms with van der Waals surface area (Å²) in [6, 6.07) is 5.67. The van der Waals surface area contributed by atoms with Crippen molar-refractivity contribution in [3.05, 3.63) is 40.3 Å². The SMILES string of the molecule is COC(=O)c1ccc(C)c(N2CCN(c3ncnc4[nH]nc(Br)c34)CC2)c1. The van der Waals surface area contributed by atoms with Crippen LogP contribution in [0.4, 0.5) is 11.5 Å². The number of hydrogen-bond acceptors (Lipinski definition) is 7. The average Bonchev–Trinajstić information content (AvgIpc) is 3.09. The molecule has 3 heterocycles. The Kier molecular flexibility index (Phi) is 4.69. The van der Waals surface area contributed by atoms with E-state index in [1.54, 1.807) is 12.4 Å². The molecule has 1 aliphatic heterocycles. The summed E-state index contributed by atoms with van der Waals surface area (Å²) in [6.07, 6.45) is 1.55. The summed E-state index contributed by atoms with van der Waals surface area (Å²) in [5.74, 6) is 0.559. The molecule has 0 atom stereocenters. The highest BCUT2D eigenvalue weighted by molar-refractivity contribution is 9.10. The molecule has 140 valence electrons. The van der Waals surface area contributed by atoms with E-state index in [0.717, 1.165) is 58.9 Å². The second-order valence-corrected chi connectivity index (χ2v) is 7.15. The topological polar surface area (TPSA) is 87.2 Å². The third-order valence-electron chi connectivity index (χ3n) is 4.84. The van der Waals surface area contributed by atoms with Gasteiger partial charge >= 0.3 is 5.97 Å². The molecule has 8 nitrogen and oxygen atoms in total. The fourth-order valence-corrected chi connectivity index (χ4v) is 3.86. The van der Waals surface area contributed by atoms with E-state index < -0.39 is 0 Å². The number of benzene rings is 1. The number of aromatic amines is 1. The molecule has 0 radical (unpaired) electrons. The summed E-state index contributed by atoms with van der Waals surface area (Å²) in [5.41, 5.74) is 3.49. The average molecular weight is 431 g/mol. The maximum Gasteiger partial charge on any atom is 0.337 e. The maximum absolute atomic E-state index is 11.9. The van der Waals surface area contributed by atoms with Crippen LogP contribution in [0.1, 0.15) is 15.9 Å². The van der Waals surface area contributed by atoms with Gasteiger partial charge in [-0.3, -0.25) is 5.10 Å². The number of aromatic nitrogens is 4. The summed E-state index contributed by atoms with van der Waals surface area (Å²) in [5, 5.41) is 7.97. The third kappa shape index (κ3) is 3.23. The van der Waals surface area contributed by atoms with Gasteiger partial charge in [0, 0.05) is 31.9 Å². The first kappa shape index (κ1) is 17.7. The maximum atomic E-state index is 11.9. The zero-order valence-electron chi connectivity index (χ0n) is 15.1. The van der Waals surface area contributed by atoms with E-state index >= 15 is 0 Å². The highest BCUT2D eigenvalue weighted by atomic mass is 79.9. The molecule has 1 saturated heterocycles. The molecule has 9 heteroatoms. The van der Waals surface area contributed by atoms with Crippen LogP contribution in [0.2, 0.25) is 0 Å². The Morgan fingerprint density at radius 1 is 1.19 bits per heavy atom. The monoisotopic (exact) mass is 430 g/mol. The van der Waals surface area contributed by atoms with Crippen molar-refractivity contribution >= 4 is 44.4 Å². The van der Waals surface area contributed by atoms with Crippen LogP contribution in [-0.2, 0) is 4.74 Å². The van der Waals surface area contributed by atoms with Gasteiger partial charge in [-0.2, -0.15) is 5.10 Å². The molecule has 1 aliphatic rings. The number of hydrogen-bond donors (Lipinski definition) is 1. The number of carbonyl (C=O) groups is 1. The van der Waals surface area contributed by atoms with Crippen LogP contribution in [0.25, 0.3) is 11.0 Å². The van der Waals surface area contributed by atoms with E-state index in [4.69, 9.17) is 4.74 Å². The first-order chi connectivity index (χ1) is 13.1. The zero-order valence-corrected chi connectivity index (χ0v) is 16.7. The minimum atomic E-state index is -0.317. The number of anilines is 2. The van der Waals surface area contributed by atoms with Crippen LogP contribution in [0.5, 0.6) is 0 Å². The Bertz CT molecular complexity index is 997. The van der Waals surface area contributed by atoms with E-state index in [1.807, 2.05) is 12.1 Å². The number of carbonyl (C=O) groups excluding carboxylic acids is 1. The Morgan fingerprint density at radius 3 is 2.67 bits per heavy atom. The van der Waals surface area contributed by atoms with Crippen molar-refractivity contribution in [3.8, 4) is 0 Å². The third-order valence-corrected chi connectivity index (χ3v) is 5.42. The highest BCUT2D eigenvalue weighted by Gasteiger charge is 2.23. The van der Waals surface area contributed by atoms with Crippen molar-refractivity contribution in [1.82, 2.24) is 20.2 Å². The van der Waals surface area contributed by atoms with Gasteiger partial charge in [0.2, 0.25) is 0 Å². The molecule has 1 N–H and O–H groups in total. The molecule has 0 unspecified atom stereocenters. The minimum Gasteiger partial charge on any atom is -0.465 e. The molecule has 27 heavy (non-hydrogen) atoms. The largest absolute Gasteiger partial charge is 0.465 e. The number of nitrogens with one attached hydrogen (secondary N) is 1. The number of rotatable bonds is 3. The molecule has 0 aliphatic carbocycles. The molecule has 0 saturated carbocycles. The number of H-pyrrole nitrogens is 1. The smallest absolute Gasteiger partial charge is 0.337 e. The van der Waals surface area contributed by atoms with E-state index in [0.29, 0.717) is 5.56 Å². The van der Waals surface area contributed by atoms with Crippen LogP contribution < -0.4 is 9.80 Å². The summed E-state index contributed by atoms with van der Waals surface area (Å²) < 4.78 is 5.56. The predicted octanol–water partition coefficient (Wildman–Crippen LogP) is 2.54. The molecule has 0 amide bonds.